The van der Waals surface area contributed by atoms with Gasteiger partial charge < -0.3 is 15.5 Å². The van der Waals surface area contributed by atoms with Crippen molar-refractivity contribution in [3.63, 3.8) is 0 Å². The monoisotopic (exact) mass is 565 g/mol. The number of carbonyl (C=O) groups excluding carboxylic acids is 2. The number of piperidine rings is 1. The molecule has 212 valence electrons. The summed E-state index contributed by atoms with van der Waals surface area (Å²) in [4.78, 5) is 28.7. The largest absolute Gasteiger partial charge is 0.380 e. The number of halogens is 1. The number of benzene rings is 3. The van der Waals surface area contributed by atoms with E-state index in [1.165, 1.54) is 18.4 Å². The van der Waals surface area contributed by atoms with Crippen LogP contribution in [0.4, 0.5) is 10.1 Å². The molecule has 1 fully saturated rings. The van der Waals surface area contributed by atoms with Gasteiger partial charge >= 0.3 is 0 Å². The Bertz CT molecular complexity index is 1470. The van der Waals surface area contributed by atoms with Crippen molar-refractivity contribution < 1.29 is 22.4 Å². The van der Waals surface area contributed by atoms with Gasteiger partial charge in [0.1, 0.15) is 11.9 Å². The van der Waals surface area contributed by atoms with Crippen LogP contribution in [-0.2, 0) is 14.6 Å². The van der Waals surface area contributed by atoms with Gasteiger partial charge in [0.25, 0.3) is 5.91 Å². The van der Waals surface area contributed by atoms with Crippen molar-refractivity contribution >= 4 is 27.3 Å². The minimum Gasteiger partial charge on any atom is -0.380 e. The quantitative estimate of drug-likeness (QED) is 0.394. The Morgan fingerprint density at radius 1 is 0.925 bits per heavy atom. The van der Waals surface area contributed by atoms with Crippen molar-refractivity contribution in [2.75, 3.05) is 24.7 Å². The van der Waals surface area contributed by atoms with Gasteiger partial charge in [0.05, 0.1) is 10.5 Å². The number of carbonyl (C=O) groups is 2. The Kier molecular flexibility index (Phi) is 8.63. The lowest BCUT2D eigenvalue weighted by molar-refractivity contribution is -0.135. The summed E-state index contributed by atoms with van der Waals surface area (Å²) >= 11 is 0. The van der Waals surface area contributed by atoms with Crippen molar-refractivity contribution in [2.45, 2.75) is 50.1 Å². The fourth-order valence-corrected chi connectivity index (χ4v) is 5.55. The number of sulfone groups is 1. The lowest BCUT2D eigenvalue weighted by Gasteiger charge is -2.42. The van der Waals surface area contributed by atoms with Gasteiger partial charge in [-0.15, -0.1) is 0 Å². The molecule has 0 spiro atoms. The fourth-order valence-electron chi connectivity index (χ4n) is 4.92. The third kappa shape index (κ3) is 6.88. The average Bonchev–Trinajstić information content (AvgIpc) is 2.92. The lowest BCUT2D eigenvalue weighted by atomic mass is 9.88. The van der Waals surface area contributed by atoms with Gasteiger partial charge in [-0.1, -0.05) is 50.2 Å². The standard InChI is InChI=1S/C31H36FN3O4S/c1-21(2)28(33-29(36)26-20-23(10-15-27(26)32)22-8-6-5-7-9-22)30(37)35-18-16-31(3,17-19-35)34-24-11-13-25(14-12-24)40(4,38)39/h5-15,20-21,28,34H,16-19H2,1-4H3,(H,33,36). The van der Waals surface area contributed by atoms with E-state index in [9.17, 15) is 22.4 Å². The molecule has 1 aliphatic heterocycles. The zero-order valence-electron chi connectivity index (χ0n) is 23.3. The number of hydrogen-bond acceptors (Lipinski definition) is 5. The van der Waals surface area contributed by atoms with E-state index < -0.39 is 27.6 Å². The first-order valence-corrected chi connectivity index (χ1v) is 15.3. The Morgan fingerprint density at radius 2 is 1.55 bits per heavy atom. The minimum absolute atomic E-state index is 0.0999. The van der Waals surface area contributed by atoms with Crippen molar-refractivity contribution in [1.82, 2.24) is 10.2 Å². The van der Waals surface area contributed by atoms with Crippen LogP contribution in [-0.4, -0.2) is 56.1 Å². The molecule has 2 amide bonds. The molecule has 0 aromatic heterocycles. The predicted molar refractivity (Wildman–Crippen MR) is 155 cm³/mol. The summed E-state index contributed by atoms with van der Waals surface area (Å²) in [6.07, 6.45) is 2.51. The molecule has 0 bridgehead atoms. The minimum atomic E-state index is -3.27. The zero-order chi connectivity index (χ0) is 29.1. The second kappa shape index (κ2) is 11.8. The third-order valence-electron chi connectivity index (χ3n) is 7.44. The first-order chi connectivity index (χ1) is 18.9. The molecule has 3 aromatic carbocycles. The van der Waals surface area contributed by atoms with Crippen LogP contribution in [0.1, 0.15) is 44.0 Å². The molecular weight excluding hydrogens is 529 g/mol. The highest BCUT2D eigenvalue weighted by Gasteiger charge is 2.36. The summed E-state index contributed by atoms with van der Waals surface area (Å²) < 4.78 is 38.2. The van der Waals surface area contributed by atoms with E-state index >= 15 is 0 Å². The molecule has 0 saturated carbocycles. The molecule has 1 heterocycles. The van der Waals surface area contributed by atoms with E-state index in [2.05, 4.69) is 17.6 Å². The molecule has 4 rings (SSSR count). The Hall–Kier alpha value is -3.72. The highest BCUT2D eigenvalue weighted by Crippen LogP contribution is 2.28. The number of nitrogens with one attached hydrogen (secondary N) is 2. The maximum absolute atomic E-state index is 14.7. The van der Waals surface area contributed by atoms with Gasteiger partial charge in [-0.25, -0.2) is 12.8 Å². The van der Waals surface area contributed by atoms with Crippen LogP contribution >= 0.6 is 0 Å². The van der Waals surface area contributed by atoms with Crippen molar-refractivity contribution in [3.05, 3.63) is 84.2 Å². The summed E-state index contributed by atoms with van der Waals surface area (Å²) in [5, 5.41) is 6.27. The first kappa shape index (κ1) is 29.3. The molecule has 1 unspecified atom stereocenters. The molecular formula is C31H36FN3O4S. The average molecular weight is 566 g/mol. The number of amides is 2. The summed E-state index contributed by atoms with van der Waals surface area (Å²) in [6, 6.07) is 19.7. The summed E-state index contributed by atoms with van der Waals surface area (Å²) in [7, 11) is -3.27. The smallest absolute Gasteiger partial charge is 0.254 e. The molecule has 7 nitrogen and oxygen atoms in total. The van der Waals surface area contributed by atoms with Gasteiger partial charge in [-0.3, -0.25) is 9.59 Å². The molecule has 2 N–H and O–H groups in total. The van der Waals surface area contributed by atoms with E-state index in [1.54, 1.807) is 35.2 Å². The molecule has 3 aromatic rings. The molecule has 1 saturated heterocycles. The lowest BCUT2D eigenvalue weighted by Crippen LogP contribution is -2.56. The summed E-state index contributed by atoms with van der Waals surface area (Å²) in [6.45, 7) is 6.76. The highest BCUT2D eigenvalue weighted by molar-refractivity contribution is 7.90. The Labute approximate surface area is 235 Å². The van der Waals surface area contributed by atoms with Crippen LogP contribution in [0.3, 0.4) is 0 Å². The summed E-state index contributed by atoms with van der Waals surface area (Å²) in [5.41, 5.74) is 2.00. The maximum Gasteiger partial charge on any atom is 0.254 e. The molecule has 0 radical (unpaired) electrons. The molecule has 1 aliphatic rings. The SMILES string of the molecule is CC(C)C(NC(=O)c1cc(-c2ccccc2)ccc1F)C(=O)N1CCC(C)(Nc2ccc(S(C)(=O)=O)cc2)CC1. The maximum atomic E-state index is 14.7. The number of nitrogens with zero attached hydrogens (tertiary/aromatic N) is 1. The van der Waals surface area contributed by atoms with Crippen LogP contribution in [0.25, 0.3) is 11.1 Å². The van der Waals surface area contributed by atoms with Crippen LogP contribution < -0.4 is 10.6 Å². The Morgan fingerprint density at radius 3 is 2.12 bits per heavy atom. The van der Waals surface area contributed by atoms with Gasteiger partial charge in [-0.05, 0) is 73.2 Å². The third-order valence-corrected chi connectivity index (χ3v) is 8.57. The highest BCUT2D eigenvalue weighted by atomic mass is 32.2. The first-order valence-electron chi connectivity index (χ1n) is 13.4. The van der Waals surface area contributed by atoms with Crippen LogP contribution in [0.5, 0.6) is 0 Å². The number of likely N-dealkylation sites (tertiary alicyclic amines) is 1. The van der Waals surface area contributed by atoms with Gasteiger partial charge in [-0.2, -0.15) is 0 Å². The molecule has 1 atom stereocenters. The number of rotatable bonds is 8. The van der Waals surface area contributed by atoms with Gasteiger partial charge in [0.2, 0.25) is 5.91 Å². The van der Waals surface area contributed by atoms with E-state index in [-0.39, 0.29) is 27.8 Å². The van der Waals surface area contributed by atoms with Crippen molar-refractivity contribution in [2.24, 2.45) is 5.92 Å². The topological polar surface area (TPSA) is 95.6 Å². The van der Waals surface area contributed by atoms with Crippen molar-refractivity contribution in [3.8, 4) is 11.1 Å². The number of anilines is 1. The van der Waals surface area contributed by atoms with Crippen LogP contribution in [0.2, 0.25) is 0 Å². The zero-order valence-corrected chi connectivity index (χ0v) is 24.1. The predicted octanol–water partition coefficient (Wildman–Crippen LogP) is 5.14. The normalized spacial score (nSPS) is 15.9. The summed E-state index contributed by atoms with van der Waals surface area (Å²) in [5.74, 6) is -1.65. The second-order valence-corrected chi connectivity index (χ2v) is 13.1. The van der Waals surface area contributed by atoms with E-state index in [0.29, 0.717) is 31.5 Å². The van der Waals surface area contributed by atoms with E-state index in [1.807, 2.05) is 44.2 Å². The van der Waals surface area contributed by atoms with Crippen LogP contribution in [0, 0.1) is 11.7 Å². The number of hydrogen-bond donors (Lipinski definition) is 2. The Balaban J connectivity index is 1.41. The molecule has 0 aliphatic carbocycles. The molecule has 40 heavy (non-hydrogen) atoms. The second-order valence-electron chi connectivity index (χ2n) is 11.1. The van der Waals surface area contributed by atoms with E-state index in [4.69, 9.17) is 0 Å². The van der Waals surface area contributed by atoms with E-state index in [0.717, 1.165) is 11.3 Å². The van der Waals surface area contributed by atoms with Crippen LogP contribution in [0.15, 0.2) is 77.7 Å². The fraction of sp³-hybridized carbons (Fsp3) is 0.355. The van der Waals surface area contributed by atoms with Gasteiger partial charge in [0, 0.05) is 30.6 Å². The van der Waals surface area contributed by atoms with Gasteiger partial charge in [0.15, 0.2) is 9.84 Å². The molecule has 9 heteroatoms. The van der Waals surface area contributed by atoms with Crippen molar-refractivity contribution in [1.29, 1.82) is 0 Å².